The molecule has 0 saturated carbocycles. The summed E-state index contributed by atoms with van der Waals surface area (Å²) in [5, 5.41) is 5.72. The summed E-state index contributed by atoms with van der Waals surface area (Å²) in [5.74, 6) is -0.948. The van der Waals surface area contributed by atoms with Crippen LogP contribution >= 0.6 is 11.6 Å². The van der Waals surface area contributed by atoms with E-state index < -0.39 is 24.5 Å². The molecule has 0 saturated heterocycles. The van der Waals surface area contributed by atoms with E-state index in [2.05, 4.69) is 15.6 Å². The van der Waals surface area contributed by atoms with Crippen molar-refractivity contribution >= 4 is 40.4 Å². The van der Waals surface area contributed by atoms with Gasteiger partial charge >= 0.3 is 12.0 Å². The Labute approximate surface area is 193 Å². The van der Waals surface area contributed by atoms with Crippen molar-refractivity contribution in [2.45, 2.75) is 6.54 Å². The Bertz CT molecular complexity index is 1300. The number of hydrogen-bond acceptors (Lipinski definition) is 6. The summed E-state index contributed by atoms with van der Waals surface area (Å²) in [7, 11) is 0. The van der Waals surface area contributed by atoms with Gasteiger partial charge in [0.05, 0.1) is 29.6 Å². The Morgan fingerprint density at radius 2 is 1.79 bits per heavy atom. The van der Waals surface area contributed by atoms with Crippen LogP contribution < -0.4 is 10.6 Å². The first-order valence-electron chi connectivity index (χ1n) is 9.92. The average molecular weight is 464 g/mol. The molecule has 2 aromatic carbocycles. The molecule has 0 unspecified atom stereocenters. The summed E-state index contributed by atoms with van der Waals surface area (Å²) in [6.07, 6.45) is 1.47. The van der Waals surface area contributed by atoms with E-state index in [-0.39, 0.29) is 12.1 Å². The molecule has 0 aliphatic rings. The van der Waals surface area contributed by atoms with Gasteiger partial charge in [-0.05, 0) is 36.4 Å². The lowest BCUT2D eigenvalue weighted by atomic mass is 10.0. The number of rotatable bonds is 6. The summed E-state index contributed by atoms with van der Waals surface area (Å²) >= 11 is 5.96. The molecule has 0 aliphatic heterocycles. The molecule has 0 aliphatic carbocycles. The Kier molecular flexibility index (Phi) is 6.66. The molecule has 4 aromatic rings. The van der Waals surface area contributed by atoms with Gasteiger partial charge in [0.2, 0.25) is 0 Å². The molecule has 2 N–H and O–H groups in total. The first-order chi connectivity index (χ1) is 16.0. The Balaban J connectivity index is 1.44. The van der Waals surface area contributed by atoms with Gasteiger partial charge in [-0.25, -0.2) is 14.6 Å². The van der Waals surface area contributed by atoms with Crippen LogP contribution in [0.4, 0.5) is 4.79 Å². The number of pyridine rings is 1. The Morgan fingerprint density at radius 1 is 1.00 bits per heavy atom. The number of benzene rings is 2. The minimum Gasteiger partial charge on any atom is -0.467 e. The number of para-hydroxylation sites is 1. The standard InChI is InChI=1S/C24H18ClN3O5/c25-16-9-7-15(8-10-16)21-12-19(18-5-1-2-6-20(18)27-21)23(30)33-14-22(29)28-24(31)26-13-17-4-3-11-32-17/h1-12H,13-14H2,(H2,26,28,29,31). The van der Waals surface area contributed by atoms with E-state index in [4.69, 9.17) is 20.8 Å². The van der Waals surface area contributed by atoms with Gasteiger partial charge in [-0.3, -0.25) is 10.1 Å². The third-order valence-electron chi connectivity index (χ3n) is 4.67. The van der Waals surface area contributed by atoms with Crippen LogP contribution in [0, 0.1) is 0 Å². The molecule has 4 rings (SSSR count). The number of carbonyl (C=O) groups is 3. The molecule has 0 atom stereocenters. The zero-order valence-electron chi connectivity index (χ0n) is 17.2. The van der Waals surface area contributed by atoms with Crippen molar-refractivity contribution in [2.24, 2.45) is 0 Å². The molecule has 8 nitrogen and oxygen atoms in total. The first kappa shape index (κ1) is 22.0. The highest BCUT2D eigenvalue weighted by Crippen LogP contribution is 2.26. The molecule has 9 heteroatoms. The molecule has 2 aromatic heterocycles. The van der Waals surface area contributed by atoms with Crippen LogP contribution in [0.5, 0.6) is 0 Å². The molecule has 33 heavy (non-hydrogen) atoms. The number of fused-ring (bicyclic) bond motifs is 1. The molecule has 0 bridgehead atoms. The topological polar surface area (TPSA) is 111 Å². The smallest absolute Gasteiger partial charge is 0.339 e. The second-order valence-corrected chi connectivity index (χ2v) is 7.40. The maximum Gasteiger partial charge on any atom is 0.339 e. The maximum atomic E-state index is 12.8. The van der Waals surface area contributed by atoms with E-state index in [0.29, 0.717) is 27.4 Å². The zero-order chi connectivity index (χ0) is 23.2. The van der Waals surface area contributed by atoms with Gasteiger partial charge < -0.3 is 14.5 Å². The number of urea groups is 1. The normalized spacial score (nSPS) is 10.6. The largest absolute Gasteiger partial charge is 0.467 e. The van der Waals surface area contributed by atoms with Crippen molar-refractivity contribution in [3.63, 3.8) is 0 Å². The number of carbonyl (C=O) groups excluding carboxylic acids is 3. The van der Waals surface area contributed by atoms with Crippen LogP contribution in [-0.2, 0) is 16.1 Å². The number of halogens is 1. The van der Waals surface area contributed by atoms with Crippen LogP contribution in [0.3, 0.4) is 0 Å². The fraction of sp³-hybridized carbons (Fsp3) is 0.0833. The lowest BCUT2D eigenvalue weighted by Crippen LogP contribution is -2.41. The minimum atomic E-state index is -0.767. The quantitative estimate of drug-likeness (QED) is 0.412. The highest BCUT2D eigenvalue weighted by molar-refractivity contribution is 6.30. The average Bonchev–Trinajstić information content (AvgIpc) is 3.35. The monoisotopic (exact) mass is 463 g/mol. The third-order valence-corrected chi connectivity index (χ3v) is 4.92. The molecule has 2 heterocycles. The van der Waals surface area contributed by atoms with E-state index in [1.54, 1.807) is 60.7 Å². The fourth-order valence-corrected chi connectivity index (χ4v) is 3.24. The number of ether oxygens (including phenoxy) is 1. The molecule has 0 radical (unpaired) electrons. The van der Waals surface area contributed by atoms with Crippen molar-refractivity contribution in [1.82, 2.24) is 15.6 Å². The van der Waals surface area contributed by atoms with E-state index in [0.717, 1.165) is 5.56 Å². The van der Waals surface area contributed by atoms with Crippen molar-refractivity contribution in [3.05, 3.63) is 89.3 Å². The van der Waals surface area contributed by atoms with E-state index in [1.807, 2.05) is 6.07 Å². The van der Waals surface area contributed by atoms with Gasteiger partial charge in [-0.2, -0.15) is 0 Å². The van der Waals surface area contributed by atoms with Crippen molar-refractivity contribution in [1.29, 1.82) is 0 Å². The van der Waals surface area contributed by atoms with Crippen molar-refractivity contribution in [2.75, 3.05) is 6.61 Å². The summed E-state index contributed by atoms with van der Waals surface area (Å²) in [6.45, 7) is -0.512. The van der Waals surface area contributed by atoms with Gasteiger partial charge in [0.25, 0.3) is 5.91 Å². The number of hydrogen-bond donors (Lipinski definition) is 2. The van der Waals surface area contributed by atoms with E-state index in [9.17, 15) is 14.4 Å². The number of imide groups is 1. The molecule has 0 fully saturated rings. The number of aromatic nitrogens is 1. The van der Waals surface area contributed by atoms with E-state index >= 15 is 0 Å². The fourth-order valence-electron chi connectivity index (χ4n) is 3.11. The van der Waals surface area contributed by atoms with Crippen molar-refractivity contribution in [3.8, 4) is 11.3 Å². The number of nitrogens with zero attached hydrogens (tertiary/aromatic N) is 1. The number of amides is 3. The van der Waals surface area contributed by atoms with Gasteiger partial charge in [0.1, 0.15) is 5.76 Å². The predicted molar refractivity (Wildman–Crippen MR) is 122 cm³/mol. The van der Waals surface area contributed by atoms with Crippen LogP contribution in [0.25, 0.3) is 22.2 Å². The zero-order valence-corrected chi connectivity index (χ0v) is 18.0. The van der Waals surface area contributed by atoms with Gasteiger partial charge in [-0.1, -0.05) is 41.9 Å². The predicted octanol–water partition coefficient (Wildman–Crippen LogP) is 4.33. The van der Waals surface area contributed by atoms with Crippen LogP contribution in [0.1, 0.15) is 16.1 Å². The molecule has 3 amide bonds. The lowest BCUT2D eigenvalue weighted by Gasteiger charge is -2.10. The molecular formula is C24H18ClN3O5. The first-order valence-corrected chi connectivity index (χ1v) is 10.3. The second-order valence-electron chi connectivity index (χ2n) is 6.97. The molecule has 166 valence electrons. The summed E-state index contributed by atoms with van der Waals surface area (Å²) in [6, 6.07) is 18.4. The minimum absolute atomic E-state index is 0.113. The Morgan fingerprint density at radius 3 is 2.55 bits per heavy atom. The highest BCUT2D eigenvalue weighted by Gasteiger charge is 2.17. The van der Waals surface area contributed by atoms with Crippen molar-refractivity contribution < 1.29 is 23.5 Å². The SMILES string of the molecule is O=C(COC(=O)c1cc(-c2ccc(Cl)cc2)nc2ccccc12)NC(=O)NCc1ccco1. The summed E-state index contributed by atoms with van der Waals surface area (Å²) in [4.78, 5) is 41.3. The molecular weight excluding hydrogens is 446 g/mol. The third kappa shape index (κ3) is 5.55. The maximum absolute atomic E-state index is 12.8. The van der Waals surface area contributed by atoms with Crippen LogP contribution in [-0.4, -0.2) is 29.5 Å². The van der Waals surface area contributed by atoms with Gasteiger partial charge in [0.15, 0.2) is 6.61 Å². The lowest BCUT2D eigenvalue weighted by molar-refractivity contribution is -0.123. The Hall–Kier alpha value is -4.17. The van der Waals surface area contributed by atoms with Crippen LogP contribution in [0.2, 0.25) is 5.02 Å². The van der Waals surface area contributed by atoms with Crippen LogP contribution in [0.15, 0.2) is 77.4 Å². The van der Waals surface area contributed by atoms with E-state index in [1.165, 1.54) is 6.26 Å². The molecule has 0 spiro atoms. The second kappa shape index (κ2) is 9.97. The van der Waals surface area contributed by atoms with Gasteiger partial charge in [0, 0.05) is 16.0 Å². The van der Waals surface area contributed by atoms with Gasteiger partial charge in [-0.15, -0.1) is 0 Å². The summed E-state index contributed by atoms with van der Waals surface area (Å²) < 4.78 is 10.3. The number of nitrogens with one attached hydrogen (secondary N) is 2. The summed E-state index contributed by atoms with van der Waals surface area (Å²) in [5.41, 5.74) is 2.17. The highest BCUT2D eigenvalue weighted by atomic mass is 35.5. The number of esters is 1. The number of furan rings is 1.